The van der Waals surface area contributed by atoms with Gasteiger partial charge in [-0.2, -0.15) is 0 Å². The second-order valence-electron chi connectivity index (χ2n) is 7.00. The van der Waals surface area contributed by atoms with Crippen LogP contribution in [0.3, 0.4) is 0 Å². The molecular formula is C21H27N3O2. The molecule has 2 heterocycles. The Morgan fingerprint density at radius 2 is 2.08 bits per heavy atom. The fraction of sp³-hybridized carbons (Fsp3) is 0.429. The molecule has 0 radical (unpaired) electrons. The lowest BCUT2D eigenvalue weighted by Crippen LogP contribution is -2.35. The highest BCUT2D eigenvalue weighted by molar-refractivity contribution is 5.73. The number of aromatic nitrogens is 1. The first-order valence-corrected chi connectivity index (χ1v) is 9.31. The summed E-state index contributed by atoms with van der Waals surface area (Å²) in [6.07, 6.45) is 5.57. The number of carbonyl (C=O) groups is 1. The summed E-state index contributed by atoms with van der Waals surface area (Å²) in [5.41, 5.74) is 7.48. The Morgan fingerprint density at radius 1 is 1.23 bits per heavy atom. The second-order valence-corrected chi connectivity index (χ2v) is 7.00. The number of rotatable bonds is 8. The van der Waals surface area contributed by atoms with Gasteiger partial charge in [-0.15, -0.1) is 0 Å². The number of carbonyl (C=O) groups excluding carboxylic acids is 1. The van der Waals surface area contributed by atoms with Crippen LogP contribution in [-0.4, -0.2) is 28.9 Å². The smallest absolute Gasteiger partial charge is 0.217 e. The van der Waals surface area contributed by atoms with Gasteiger partial charge in [-0.25, -0.2) is 0 Å². The maximum absolute atomic E-state index is 11.0. The molecule has 0 bridgehead atoms. The van der Waals surface area contributed by atoms with Crippen molar-refractivity contribution in [2.75, 3.05) is 13.1 Å². The fourth-order valence-corrected chi connectivity index (χ4v) is 3.47. The lowest BCUT2D eigenvalue weighted by atomic mass is 9.93. The predicted octanol–water partition coefficient (Wildman–Crippen LogP) is 3.14. The zero-order valence-electron chi connectivity index (χ0n) is 15.1. The van der Waals surface area contributed by atoms with Crippen LogP contribution in [0.5, 0.6) is 5.75 Å². The molecule has 2 aromatic rings. The van der Waals surface area contributed by atoms with Crippen molar-refractivity contribution in [1.29, 1.82) is 0 Å². The summed E-state index contributed by atoms with van der Waals surface area (Å²) in [7, 11) is 0. The Hall–Kier alpha value is -2.40. The Kier molecular flexibility index (Phi) is 6.61. The largest absolute Gasteiger partial charge is 0.487 e. The lowest BCUT2D eigenvalue weighted by molar-refractivity contribution is -0.118. The number of amides is 1. The maximum atomic E-state index is 11.0. The maximum Gasteiger partial charge on any atom is 0.217 e. The van der Waals surface area contributed by atoms with Crippen molar-refractivity contribution >= 4 is 5.91 Å². The number of benzene rings is 1. The van der Waals surface area contributed by atoms with Gasteiger partial charge in [0.05, 0.1) is 5.69 Å². The molecule has 5 nitrogen and oxygen atoms in total. The topological polar surface area (TPSA) is 68.5 Å². The van der Waals surface area contributed by atoms with E-state index in [0.29, 0.717) is 18.9 Å². The Morgan fingerprint density at radius 3 is 2.81 bits per heavy atom. The van der Waals surface area contributed by atoms with E-state index in [4.69, 9.17) is 10.5 Å². The minimum Gasteiger partial charge on any atom is -0.487 e. The summed E-state index contributed by atoms with van der Waals surface area (Å²) in [6, 6.07) is 14.1. The Labute approximate surface area is 155 Å². The average Bonchev–Trinajstić information content (AvgIpc) is 2.67. The zero-order chi connectivity index (χ0) is 18.2. The molecule has 1 aliphatic heterocycles. The third-order valence-corrected chi connectivity index (χ3v) is 4.84. The quantitative estimate of drug-likeness (QED) is 0.792. The van der Waals surface area contributed by atoms with Gasteiger partial charge in [0, 0.05) is 25.7 Å². The number of likely N-dealkylation sites (tertiary alicyclic amines) is 1. The van der Waals surface area contributed by atoms with Crippen LogP contribution in [0.2, 0.25) is 0 Å². The van der Waals surface area contributed by atoms with E-state index in [1.165, 1.54) is 18.4 Å². The number of hydrogen-bond donors (Lipinski definition) is 1. The van der Waals surface area contributed by atoms with Gasteiger partial charge in [0.1, 0.15) is 12.4 Å². The lowest BCUT2D eigenvalue weighted by Gasteiger charge is -2.32. The molecule has 0 aliphatic carbocycles. The average molecular weight is 353 g/mol. The van der Waals surface area contributed by atoms with E-state index in [1.54, 1.807) is 6.20 Å². The van der Waals surface area contributed by atoms with Gasteiger partial charge in [-0.3, -0.25) is 14.7 Å². The Balaban J connectivity index is 1.47. The fourth-order valence-electron chi connectivity index (χ4n) is 3.47. The molecule has 0 saturated carbocycles. The van der Waals surface area contributed by atoms with Crippen molar-refractivity contribution in [2.45, 2.75) is 38.8 Å². The van der Waals surface area contributed by atoms with E-state index in [-0.39, 0.29) is 5.91 Å². The molecule has 1 saturated heterocycles. The number of primary amides is 1. The van der Waals surface area contributed by atoms with Crippen molar-refractivity contribution in [1.82, 2.24) is 9.88 Å². The molecular weight excluding hydrogens is 326 g/mol. The van der Waals surface area contributed by atoms with Crippen LogP contribution in [0, 0.1) is 5.92 Å². The van der Waals surface area contributed by atoms with Crippen molar-refractivity contribution in [2.24, 2.45) is 11.7 Å². The highest BCUT2D eigenvalue weighted by atomic mass is 16.5. The molecule has 0 spiro atoms. The summed E-state index contributed by atoms with van der Waals surface area (Å²) in [5, 5.41) is 0. The zero-order valence-corrected chi connectivity index (χ0v) is 15.1. The summed E-state index contributed by atoms with van der Waals surface area (Å²) < 4.78 is 5.79. The van der Waals surface area contributed by atoms with E-state index < -0.39 is 0 Å². The third-order valence-electron chi connectivity index (χ3n) is 4.84. The molecule has 1 aliphatic rings. The van der Waals surface area contributed by atoms with Gasteiger partial charge in [-0.05, 0) is 61.6 Å². The summed E-state index contributed by atoms with van der Waals surface area (Å²) >= 11 is 0. The molecule has 1 amide bonds. The molecule has 26 heavy (non-hydrogen) atoms. The van der Waals surface area contributed by atoms with Crippen LogP contribution in [0.25, 0.3) is 0 Å². The monoisotopic (exact) mass is 353 g/mol. The van der Waals surface area contributed by atoms with Crippen LogP contribution in [0.1, 0.15) is 36.9 Å². The minimum absolute atomic E-state index is 0.191. The van der Waals surface area contributed by atoms with Crippen molar-refractivity contribution in [3.63, 3.8) is 0 Å². The first-order chi connectivity index (χ1) is 12.7. The highest BCUT2D eigenvalue weighted by Gasteiger charge is 2.20. The third kappa shape index (κ3) is 5.85. The molecule has 1 aromatic carbocycles. The number of piperidine rings is 1. The molecule has 3 rings (SSSR count). The van der Waals surface area contributed by atoms with Crippen LogP contribution in [-0.2, 0) is 17.9 Å². The molecule has 1 unspecified atom stereocenters. The van der Waals surface area contributed by atoms with E-state index in [0.717, 1.165) is 37.5 Å². The van der Waals surface area contributed by atoms with Gasteiger partial charge in [0.15, 0.2) is 0 Å². The first-order valence-electron chi connectivity index (χ1n) is 9.31. The SMILES string of the molecule is NC(=O)CCC1CCCN(Cc2ccc(OCc3ccccn3)cc2)C1. The van der Waals surface area contributed by atoms with E-state index >= 15 is 0 Å². The van der Waals surface area contributed by atoms with Gasteiger partial charge >= 0.3 is 0 Å². The number of hydrogen-bond acceptors (Lipinski definition) is 4. The van der Waals surface area contributed by atoms with Crippen molar-refractivity contribution in [3.8, 4) is 5.75 Å². The highest BCUT2D eigenvalue weighted by Crippen LogP contribution is 2.23. The Bertz CT molecular complexity index is 688. The molecule has 1 aromatic heterocycles. The van der Waals surface area contributed by atoms with Gasteiger partial charge in [0.2, 0.25) is 5.91 Å². The number of nitrogens with two attached hydrogens (primary N) is 1. The van der Waals surface area contributed by atoms with Crippen LogP contribution in [0.4, 0.5) is 0 Å². The summed E-state index contributed by atoms with van der Waals surface area (Å²) in [6.45, 7) is 3.58. The number of pyridine rings is 1. The molecule has 1 fully saturated rings. The molecule has 5 heteroatoms. The van der Waals surface area contributed by atoms with Gasteiger partial charge < -0.3 is 10.5 Å². The van der Waals surface area contributed by atoms with E-state index in [9.17, 15) is 4.79 Å². The number of nitrogens with zero attached hydrogens (tertiary/aromatic N) is 2. The molecule has 2 N–H and O–H groups in total. The number of ether oxygens (including phenoxy) is 1. The normalized spacial score (nSPS) is 17.8. The van der Waals surface area contributed by atoms with Crippen LogP contribution < -0.4 is 10.5 Å². The van der Waals surface area contributed by atoms with E-state index in [2.05, 4.69) is 22.0 Å². The molecule has 138 valence electrons. The summed E-state index contributed by atoms with van der Waals surface area (Å²) in [4.78, 5) is 17.7. The standard InChI is InChI=1S/C21H27N3O2/c22-21(25)11-8-17-4-3-13-24(14-17)15-18-6-9-20(10-7-18)26-16-19-5-1-2-12-23-19/h1-2,5-7,9-10,12,17H,3-4,8,11,13-16H2,(H2,22,25). The molecule has 1 atom stereocenters. The van der Waals surface area contributed by atoms with Crippen molar-refractivity contribution in [3.05, 3.63) is 59.9 Å². The second kappa shape index (κ2) is 9.34. The van der Waals surface area contributed by atoms with Crippen LogP contribution in [0.15, 0.2) is 48.7 Å². The predicted molar refractivity (Wildman–Crippen MR) is 101 cm³/mol. The van der Waals surface area contributed by atoms with Gasteiger partial charge in [0.25, 0.3) is 0 Å². The first kappa shape index (κ1) is 18.4. The van der Waals surface area contributed by atoms with E-state index in [1.807, 2.05) is 30.3 Å². The van der Waals surface area contributed by atoms with Gasteiger partial charge in [-0.1, -0.05) is 18.2 Å². The van der Waals surface area contributed by atoms with Crippen LogP contribution >= 0.6 is 0 Å². The summed E-state index contributed by atoms with van der Waals surface area (Å²) in [5.74, 6) is 1.25. The van der Waals surface area contributed by atoms with Crippen molar-refractivity contribution < 1.29 is 9.53 Å². The minimum atomic E-state index is -0.191.